The number of aliphatic carboxylic acids is 1. The van der Waals surface area contributed by atoms with Gasteiger partial charge in [0.15, 0.2) is 0 Å². The van der Waals surface area contributed by atoms with Gasteiger partial charge >= 0.3 is 5.97 Å². The Bertz CT molecular complexity index is 603. The van der Waals surface area contributed by atoms with Crippen LogP contribution in [0.5, 0.6) is 0 Å². The van der Waals surface area contributed by atoms with Crippen LogP contribution in [0.3, 0.4) is 0 Å². The summed E-state index contributed by atoms with van der Waals surface area (Å²) in [6.07, 6.45) is 0.856. The Kier molecular flexibility index (Phi) is 3.37. The van der Waals surface area contributed by atoms with Crippen LogP contribution in [0.25, 0.3) is 0 Å². The van der Waals surface area contributed by atoms with Crippen molar-refractivity contribution in [3.8, 4) is 0 Å². The zero-order valence-corrected chi connectivity index (χ0v) is 11.4. The van der Waals surface area contributed by atoms with Gasteiger partial charge in [0, 0.05) is 25.2 Å². The molecule has 6 heteroatoms. The summed E-state index contributed by atoms with van der Waals surface area (Å²) in [5, 5.41) is 12.0. The molecule has 0 bridgehead atoms. The first kappa shape index (κ1) is 13.6. The Morgan fingerprint density at radius 2 is 2.05 bits per heavy atom. The Balaban J connectivity index is 1.85. The molecule has 1 aromatic rings. The average Bonchev–Trinajstić information content (AvgIpc) is 2.87. The topological polar surface area (TPSA) is 86.7 Å². The van der Waals surface area contributed by atoms with Gasteiger partial charge in [-0.3, -0.25) is 14.4 Å². The standard InChI is InChI=1S/C15H16N2O4/c18-13-6-5-9(7-16-13)14(19)17-8-11(15(20)21)10-3-1-2-4-12(10)17/h1-4,9,11H,5-8H2,(H,16,18)(H,20,21). The lowest BCUT2D eigenvalue weighted by Gasteiger charge is -2.27. The summed E-state index contributed by atoms with van der Waals surface area (Å²) in [5.74, 6) is -2.02. The van der Waals surface area contributed by atoms with E-state index in [0.29, 0.717) is 30.6 Å². The van der Waals surface area contributed by atoms with Crippen molar-refractivity contribution in [1.82, 2.24) is 5.32 Å². The first-order valence-corrected chi connectivity index (χ1v) is 6.97. The second-order valence-corrected chi connectivity index (χ2v) is 5.44. The Morgan fingerprint density at radius 3 is 2.71 bits per heavy atom. The third-order valence-electron chi connectivity index (χ3n) is 4.15. The lowest BCUT2D eigenvalue weighted by molar-refractivity contribution is -0.138. The molecule has 1 aromatic carbocycles. The predicted molar refractivity (Wildman–Crippen MR) is 74.9 cm³/mol. The van der Waals surface area contributed by atoms with Gasteiger partial charge in [0.1, 0.15) is 5.92 Å². The highest BCUT2D eigenvalue weighted by molar-refractivity contribution is 6.00. The van der Waals surface area contributed by atoms with E-state index in [-0.39, 0.29) is 24.3 Å². The van der Waals surface area contributed by atoms with Gasteiger partial charge in [0.2, 0.25) is 11.8 Å². The van der Waals surface area contributed by atoms with E-state index >= 15 is 0 Å². The SMILES string of the molecule is O=C1CCC(C(=O)N2CC(C(=O)O)c3ccccc32)CN1. The highest BCUT2D eigenvalue weighted by atomic mass is 16.4. The number of carbonyl (C=O) groups is 3. The van der Waals surface area contributed by atoms with Crippen molar-refractivity contribution < 1.29 is 19.5 Å². The molecule has 3 rings (SSSR count). The second kappa shape index (κ2) is 5.20. The first-order chi connectivity index (χ1) is 10.1. The van der Waals surface area contributed by atoms with Crippen molar-refractivity contribution in [2.45, 2.75) is 18.8 Å². The number of piperidine rings is 1. The van der Waals surface area contributed by atoms with Gasteiger partial charge in [-0.15, -0.1) is 0 Å². The molecule has 2 unspecified atom stereocenters. The molecule has 2 N–H and O–H groups in total. The van der Waals surface area contributed by atoms with Crippen LogP contribution >= 0.6 is 0 Å². The number of fused-ring (bicyclic) bond motifs is 1. The van der Waals surface area contributed by atoms with Crippen molar-refractivity contribution in [2.75, 3.05) is 18.0 Å². The smallest absolute Gasteiger partial charge is 0.312 e. The molecule has 21 heavy (non-hydrogen) atoms. The minimum atomic E-state index is -0.922. The molecule has 2 aliphatic rings. The molecule has 1 saturated heterocycles. The number of carboxylic acid groups (broad SMARTS) is 1. The van der Waals surface area contributed by atoms with Crippen molar-refractivity contribution in [1.29, 1.82) is 0 Å². The number of carboxylic acids is 1. The molecule has 1 fully saturated rings. The molecule has 2 atom stereocenters. The molecule has 0 aliphatic carbocycles. The van der Waals surface area contributed by atoms with Crippen molar-refractivity contribution in [3.05, 3.63) is 29.8 Å². The number of rotatable bonds is 2. The molecule has 0 spiro atoms. The highest BCUT2D eigenvalue weighted by Crippen LogP contribution is 2.37. The van der Waals surface area contributed by atoms with Crippen LogP contribution in [0.2, 0.25) is 0 Å². The fourth-order valence-electron chi connectivity index (χ4n) is 2.99. The fourth-order valence-corrected chi connectivity index (χ4v) is 2.99. The summed E-state index contributed by atoms with van der Waals surface area (Å²) in [7, 11) is 0. The minimum Gasteiger partial charge on any atom is -0.481 e. The quantitative estimate of drug-likeness (QED) is 0.840. The van der Waals surface area contributed by atoms with Crippen molar-refractivity contribution in [2.24, 2.45) is 5.92 Å². The van der Waals surface area contributed by atoms with Gasteiger partial charge in [-0.25, -0.2) is 0 Å². The molecule has 0 radical (unpaired) electrons. The summed E-state index contributed by atoms with van der Waals surface area (Å²) in [5.41, 5.74) is 1.35. The monoisotopic (exact) mass is 288 g/mol. The van der Waals surface area contributed by atoms with Gasteiger partial charge in [-0.1, -0.05) is 18.2 Å². The molecule has 2 heterocycles. The van der Waals surface area contributed by atoms with E-state index < -0.39 is 11.9 Å². The lowest BCUT2D eigenvalue weighted by Crippen LogP contribution is -2.44. The summed E-state index contributed by atoms with van der Waals surface area (Å²) >= 11 is 0. The fraction of sp³-hybridized carbons (Fsp3) is 0.400. The van der Waals surface area contributed by atoms with Gasteiger partial charge < -0.3 is 15.3 Å². The van der Waals surface area contributed by atoms with E-state index in [1.165, 1.54) is 0 Å². The third-order valence-corrected chi connectivity index (χ3v) is 4.15. The number of hydrogen-bond acceptors (Lipinski definition) is 3. The van der Waals surface area contributed by atoms with Crippen LogP contribution in [0, 0.1) is 5.92 Å². The number of carbonyl (C=O) groups excluding carboxylic acids is 2. The predicted octanol–water partition coefficient (Wildman–Crippen LogP) is 0.728. The van der Waals surface area contributed by atoms with E-state index in [1.807, 2.05) is 0 Å². The van der Waals surface area contributed by atoms with Gasteiger partial charge in [-0.2, -0.15) is 0 Å². The Morgan fingerprint density at radius 1 is 1.29 bits per heavy atom. The van der Waals surface area contributed by atoms with Crippen molar-refractivity contribution in [3.63, 3.8) is 0 Å². The Hall–Kier alpha value is -2.37. The lowest BCUT2D eigenvalue weighted by atomic mass is 9.97. The second-order valence-electron chi connectivity index (χ2n) is 5.44. The van der Waals surface area contributed by atoms with Crippen LogP contribution in [0.1, 0.15) is 24.3 Å². The summed E-state index contributed by atoms with van der Waals surface area (Å²) < 4.78 is 0. The summed E-state index contributed by atoms with van der Waals surface area (Å²) in [6, 6.07) is 7.11. The molecule has 110 valence electrons. The molecule has 6 nitrogen and oxygen atoms in total. The van der Waals surface area contributed by atoms with E-state index in [4.69, 9.17) is 0 Å². The molecule has 2 aliphatic heterocycles. The molecule has 0 aromatic heterocycles. The normalized spacial score (nSPS) is 24.4. The number of amides is 2. The number of benzene rings is 1. The maximum absolute atomic E-state index is 12.6. The molecular weight excluding hydrogens is 272 g/mol. The largest absolute Gasteiger partial charge is 0.481 e. The molecular formula is C15H16N2O4. The molecule has 0 saturated carbocycles. The minimum absolute atomic E-state index is 0.0377. The highest BCUT2D eigenvalue weighted by Gasteiger charge is 2.39. The van der Waals surface area contributed by atoms with Crippen LogP contribution in [-0.4, -0.2) is 36.0 Å². The van der Waals surface area contributed by atoms with Crippen LogP contribution in [0.4, 0.5) is 5.69 Å². The summed E-state index contributed by atoms with van der Waals surface area (Å²) in [6.45, 7) is 0.492. The Labute approximate surface area is 121 Å². The van der Waals surface area contributed by atoms with Crippen LogP contribution in [-0.2, 0) is 14.4 Å². The van der Waals surface area contributed by atoms with Gasteiger partial charge in [-0.05, 0) is 18.1 Å². The molecule has 2 amide bonds. The number of nitrogens with zero attached hydrogens (tertiary/aromatic N) is 1. The zero-order valence-electron chi connectivity index (χ0n) is 11.4. The maximum Gasteiger partial charge on any atom is 0.312 e. The van der Waals surface area contributed by atoms with Crippen molar-refractivity contribution >= 4 is 23.5 Å². The third kappa shape index (κ3) is 2.37. The van der Waals surface area contributed by atoms with Gasteiger partial charge in [0.25, 0.3) is 0 Å². The van der Waals surface area contributed by atoms with E-state index in [2.05, 4.69) is 5.32 Å². The number of nitrogens with one attached hydrogen (secondary N) is 1. The van der Waals surface area contributed by atoms with Gasteiger partial charge in [0.05, 0.1) is 5.92 Å². The van der Waals surface area contributed by atoms with E-state index in [1.54, 1.807) is 29.2 Å². The number of anilines is 1. The maximum atomic E-state index is 12.6. The first-order valence-electron chi connectivity index (χ1n) is 6.97. The van der Waals surface area contributed by atoms with Crippen LogP contribution < -0.4 is 10.2 Å². The van der Waals surface area contributed by atoms with E-state index in [9.17, 15) is 19.5 Å². The number of para-hydroxylation sites is 1. The van der Waals surface area contributed by atoms with E-state index in [0.717, 1.165) is 0 Å². The van der Waals surface area contributed by atoms with Crippen LogP contribution in [0.15, 0.2) is 24.3 Å². The average molecular weight is 288 g/mol. The summed E-state index contributed by atoms with van der Waals surface area (Å²) in [4.78, 5) is 36.7. The zero-order chi connectivity index (χ0) is 15.0. The number of hydrogen-bond donors (Lipinski definition) is 2.